The van der Waals surface area contributed by atoms with Crippen LogP contribution in [-0.4, -0.2) is 44.2 Å². The molecule has 1 heterocycles. The standard InChI is InChI=1S/C10H20N2O2S/c1-2-7-15(13,14)11-9-5-6-12(8-9)10-3-4-10/h9-11H,2-8H2,1H3. The van der Waals surface area contributed by atoms with Crippen molar-refractivity contribution >= 4 is 10.0 Å². The van der Waals surface area contributed by atoms with Gasteiger partial charge in [-0.1, -0.05) is 6.92 Å². The lowest BCUT2D eigenvalue weighted by Gasteiger charge is -2.15. The monoisotopic (exact) mass is 232 g/mol. The van der Waals surface area contributed by atoms with E-state index in [0.29, 0.717) is 6.42 Å². The molecule has 2 aliphatic rings. The Balaban J connectivity index is 1.80. The van der Waals surface area contributed by atoms with Crippen LogP contribution >= 0.6 is 0 Å². The molecule has 0 radical (unpaired) electrons. The molecular formula is C10H20N2O2S. The molecule has 0 spiro atoms. The van der Waals surface area contributed by atoms with Crippen LogP contribution in [0.25, 0.3) is 0 Å². The van der Waals surface area contributed by atoms with Crippen LogP contribution in [0.15, 0.2) is 0 Å². The first-order valence-electron chi connectivity index (χ1n) is 5.85. The largest absolute Gasteiger partial charge is 0.299 e. The first kappa shape index (κ1) is 11.4. The maximum atomic E-state index is 11.5. The molecule has 1 N–H and O–H groups in total. The zero-order valence-electron chi connectivity index (χ0n) is 9.28. The summed E-state index contributed by atoms with van der Waals surface area (Å²) in [7, 11) is -3.02. The highest BCUT2D eigenvalue weighted by molar-refractivity contribution is 7.89. The average Bonchev–Trinajstić information content (AvgIpc) is 2.88. The van der Waals surface area contributed by atoms with Crippen LogP contribution in [0.3, 0.4) is 0 Å². The summed E-state index contributed by atoms with van der Waals surface area (Å²) < 4.78 is 25.9. The molecule has 0 aromatic carbocycles. The van der Waals surface area contributed by atoms with Crippen LogP contribution in [-0.2, 0) is 10.0 Å². The highest BCUT2D eigenvalue weighted by Gasteiger charge is 2.35. The van der Waals surface area contributed by atoms with Gasteiger partial charge in [-0.2, -0.15) is 0 Å². The van der Waals surface area contributed by atoms with Crippen molar-refractivity contribution in [3.05, 3.63) is 0 Å². The molecule has 1 aliphatic heterocycles. The van der Waals surface area contributed by atoms with E-state index < -0.39 is 10.0 Å². The maximum Gasteiger partial charge on any atom is 0.211 e. The molecule has 1 aliphatic carbocycles. The summed E-state index contributed by atoms with van der Waals surface area (Å²) in [6, 6.07) is 0.910. The topological polar surface area (TPSA) is 49.4 Å². The molecule has 0 aromatic heterocycles. The van der Waals surface area contributed by atoms with Crippen molar-refractivity contribution in [2.24, 2.45) is 0 Å². The summed E-state index contributed by atoms with van der Waals surface area (Å²) >= 11 is 0. The second-order valence-corrected chi connectivity index (χ2v) is 6.52. The van der Waals surface area contributed by atoms with Crippen LogP contribution in [0.4, 0.5) is 0 Å². The molecule has 15 heavy (non-hydrogen) atoms. The molecule has 1 unspecified atom stereocenters. The van der Waals surface area contributed by atoms with Gasteiger partial charge in [0, 0.05) is 25.2 Å². The van der Waals surface area contributed by atoms with Crippen molar-refractivity contribution in [2.75, 3.05) is 18.8 Å². The number of likely N-dealkylation sites (tertiary alicyclic amines) is 1. The zero-order chi connectivity index (χ0) is 10.9. The summed E-state index contributed by atoms with van der Waals surface area (Å²) in [4.78, 5) is 2.42. The molecule has 0 bridgehead atoms. The van der Waals surface area contributed by atoms with Gasteiger partial charge in [0.2, 0.25) is 10.0 Å². The number of nitrogens with zero attached hydrogens (tertiary/aromatic N) is 1. The lowest BCUT2D eigenvalue weighted by Crippen LogP contribution is -2.38. The molecule has 1 atom stereocenters. The van der Waals surface area contributed by atoms with Gasteiger partial charge in [-0.3, -0.25) is 4.90 Å². The SMILES string of the molecule is CCCS(=O)(=O)NC1CCN(C2CC2)C1. The van der Waals surface area contributed by atoms with Crippen molar-refractivity contribution < 1.29 is 8.42 Å². The summed E-state index contributed by atoms with van der Waals surface area (Å²) in [6.45, 7) is 3.86. The maximum absolute atomic E-state index is 11.5. The van der Waals surface area contributed by atoms with Crippen LogP contribution in [0, 0.1) is 0 Å². The van der Waals surface area contributed by atoms with E-state index in [0.717, 1.165) is 25.6 Å². The second kappa shape index (κ2) is 4.39. The fraction of sp³-hybridized carbons (Fsp3) is 1.00. The van der Waals surface area contributed by atoms with E-state index in [1.807, 2.05) is 6.92 Å². The van der Waals surface area contributed by atoms with Gasteiger partial charge in [0.1, 0.15) is 0 Å². The van der Waals surface area contributed by atoms with Gasteiger partial charge in [-0.15, -0.1) is 0 Å². The predicted octanol–water partition coefficient (Wildman–Crippen LogP) is 0.552. The second-order valence-electron chi connectivity index (χ2n) is 4.65. The van der Waals surface area contributed by atoms with Crippen molar-refractivity contribution in [3.63, 3.8) is 0 Å². The predicted molar refractivity (Wildman–Crippen MR) is 60.2 cm³/mol. The molecule has 2 fully saturated rings. The van der Waals surface area contributed by atoms with E-state index >= 15 is 0 Å². The third-order valence-electron chi connectivity index (χ3n) is 3.10. The van der Waals surface area contributed by atoms with E-state index in [1.54, 1.807) is 0 Å². The normalized spacial score (nSPS) is 28.5. The third-order valence-corrected chi connectivity index (χ3v) is 4.74. The van der Waals surface area contributed by atoms with Gasteiger partial charge in [-0.25, -0.2) is 13.1 Å². The number of hydrogen-bond acceptors (Lipinski definition) is 3. The van der Waals surface area contributed by atoms with Gasteiger partial charge in [0.15, 0.2) is 0 Å². The average molecular weight is 232 g/mol. The third kappa shape index (κ3) is 3.16. The van der Waals surface area contributed by atoms with Gasteiger partial charge < -0.3 is 0 Å². The zero-order valence-corrected chi connectivity index (χ0v) is 10.1. The lowest BCUT2D eigenvalue weighted by molar-refractivity contribution is 0.322. The number of sulfonamides is 1. The van der Waals surface area contributed by atoms with Crippen LogP contribution in [0.2, 0.25) is 0 Å². The minimum absolute atomic E-state index is 0.155. The lowest BCUT2D eigenvalue weighted by atomic mass is 10.3. The van der Waals surface area contributed by atoms with Gasteiger partial charge in [0.05, 0.1) is 5.75 Å². The van der Waals surface area contributed by atoms with Gasteiger partial charge in [-0.05, 0) is 25.7 Å². The molecule has 2 rings (SSSR count). The molecule has 5 heteroatoms. The highest BCUT2D eigenvalue weighted by Crippen LogP contribution is 2.29. The Bertz CT molecular complexity index is 311. The highest BCUT2D eigenvalue weighted by atomic mass is 32.2. The number of nitrogens with one attached hydrogen (secondary N) is 1. The van der Waals surface area contributed by atoms with E-state index in [4.69, 9.17) is 0 Å². The van der Waals surface area contributed by atoms with E-state index in [9.17, 15) is 8.42 Å². The molecule has 4 nitrogen and oxygen atoms in total. The Hall–Kier alpha value is -0.130. The Morgan fingerprint density at radius 1 is 1.33 bits per heavy atom. The summed E-state index contributed by atoms with van der Waals surface area (Å²) in [6.07, 6.45) is 4.26. The summed E-state index contributed by atoms with van der Waals surface area (Å²) in [5, 5.41) is 0. The summed E-state index contributed by atoms with van der Waals surface area (Å²) in [5.74, 6) is 0.257. The number of rotatable bonds is 5. The van der Waals surface area contributed by atoms with Crippen molar-refractivity contribution in [3.8, 4) is 0 Å². The van der Waals surface area contributed by atoms with E-state index in [2.05, 4.69) is 9.62 Å². The van der Waals surface area contributed by atoms with Crippen LogP contribution in [0.1, 0.15) is 32.6 Å². The molecular weight excluding hydrogens is 212 g/mol. The van der Waals surface area contributed by atoms with Crippen LogP contribution in [0.5, 0.6) is 0 Å². The van der Waals surface area contributed by atoms with Gasteiger partial charge >= 0.3 is 0 Å². The molecule has 0 amide bonds. The molecule has 88 valence electrons. The minimum Gasteiger partial charge on any atom is -0.299 e. The van der Waals surface area contributed by atoms with Crippen molar-refractivity contribution in [1.29, 1.82) is 0 Å². The van der Waals surface area contributed by atoms with Crippen molar-refractivity contribution in [1.82, 2.24) is 9.62 Å². The van der Waals surface area contributed by atoms with Gasteiger partial charge in [0.25, 0.3) is 0 Å². The smallest absolute Gasteiger partial charge is 0.211 e. The fourth-order valence-corrected chi connectivity index (χ4v) is 3.59. The Kier molecular flexibility index (Phi) is 3.33. The Morgan fingerprint density at radius 3 is 2.67 bits per heavy atom. The van der Waals surface area contributed by atoms with Crippen molar-refractivity contribution in [2.45, 2.75) is 44.7 Å². The molecule has 1 saturated heterocycles. The Labute approximate surface area is 92.1 Å². The summed E-state index contributed by atoms with van der Waals surface area (Å²) in [5.41, 5.74) is 0. The molecule has 1 saturated carbocycles. The first-order valence-corrected chi connectivity index (χ1v) is 7.50. The fourth-order valence-electron chi connectivity index (χ4n) is 2.24. The Morgan fingerprint density at radius 2 is 2.07 bits per heavy atom. The van der Waals surface area contributed by atoms with E-state index in [-0.39, 0.29) is 11.8 Å². The quantitative estimate of drug-likeness (QED) is 0.753. The molecule has 0 aromatic rings. The first-order chi connectivity index (χ1) is 7.11. The minimum atomic E-state index is -3.02. The van der Waals surface area contributed by atoms with E-state index in [1.165, 1.54) is 12.8 Å². The van der Waals surface area contributed by atoms with Crippen LogP contribution < -0.4 is 4.72 Å². The number of hydrogen-bond donors (Lipinski definition) is 1.